The lowest BCUT2D eigenvalue weighted by Gasteiger charge is -2.40. The second kappa shape index (κ2) is 12.5. The van der Waals surface area contributed by atoms with Crippen LogP contribution in [0, 0.1) is 5.92 Å². The molecule has 1 aromatic carbocycles. The van der Waals surface area contributed by atoms with Crippen LogP contribution in [0.2, 0.25) is 5.02 Å². The molecule has 1 N–H and O–H groups in total. The van der Waals surface area contributed by atoms with E-state index in [1.54, 1.807) is 17.0 Å². The van der Waals surface area contributed by atoms with E-state index in [1.807, 2.05) is 31.2 Å². The van der Waals surface area contributed by atoms with E-state index in [0.29, 0.717) is 23.9 Å². The van der Waals surface area contributed by atoms with Gasteiger partial charge in [0.05, 0.1) is 0 Å². The second-order valence-electron chi connectivity index (χ2n) is 7.96. The first kappa shape index (κ1) is 25.0. The number of hydrogen-bond acceptors (Lipinski definition) is 2. The number of allylic oxidation sites excluding steroid dienone is 1. The monoisotopic (exact) mass is 418 g/mol. The van der Waals surface area contributed by atoms with Gasteiger partial charge >= 0.3 is 0 Å². The number of halogens is 1. The van der Waals surface area contributed by atoms with Gasteiger partial charge in [-0.3, -0.25) is 9.59 Å². The molecule has 0 heterocycles. The van der Waals surface area contributed by atoms with E-state index in [4.69, 9.17) is 11.6 Å². The van der Waals surface area contributed by atoms with Gasteiger partial charge in [-0.25, -0.2) is 0 Å². The lowest BCUT2D eigenvalue weighted by molar-refractivity contribution is -0.148. The van der Waals surface area contributed by atoms with Gasteiger partial charge in [0.1, 0.15) is 5.54 Å². The molecule has 0 aliphatic heterocycles. The molecule has 0 aromatic heterocycles. The number of unbranched alkanes of at least 4 members (excludes halogenated alkanes) is 1. The average Bonchev–Trinajstić information content (AvgIpc) is 2.67. The Hall–Kier alpha value is -2.07. The molecular weight excluding hydrogens is 384 g/mol. The Morgan fingerprint density at radius 1 is 1.24 bits per heavy atom. The first-order valence-electron chi connectivity index (χ1n) is 10.3. The summed E-state index contributed by atoms with van der Waals surface area (Å²) in [4.78, 5) is 28.0. The van der Waals surface area contributed by atoms with Crippen molar-refractivity contribution in [2.24, 2.45) is 5.92 Å². The normalized spacial score (nSPS) is 12.9. The fourth-order valence-corrected chi connectivity index (χ4v) is 3.39. The van der Waals surface area contributed by atoms with E-state index < -0.39 is 5.54 Å². The highest BCUT2D eigenvalue weighted by Gasteiger charge is 2.41. The van der Waals surface area contributed by atoms with E-state index in [0.717, 1.165) is 24.8 Å². The molecule has 0 radical (unpaired) electrons. The van der Waals surface area contributed by atoms with Crippen LogP contribution in [0.25, 0.3) is 0 Å². The van der Waals surface area contributed by atoms with Crippen molar-refractivity contribution < 1.29 is 9.59 Å². The zero-order chi connectivity index (χ0) is 21.9. The van der Waals surface area contributed by atoms with Gasteiger partial charge in [-0.05, 0) is 50.2 Å². The van der Waals surface area contributed by atoms with Crippen LogP contribution in [-0.2, 0) is 16.1 Å². The maximum atomic E-state index is 13.3. The molecule has 29 heavy (non-hydrogen) atoms. The lowest BCUT2D eigenvalue weighted by Crippen LogP contribution is -2.58. The number of amides is 2. The summed E-state index contributed by atoms with van der Waals surface area (Å²) in [5.74, 6) is 0.218. The highest BCUT2D eigenvalue weighted by molar-refractivity contribution is 6.31. The van der Waals surface area contributed by atoms with Gasteiger partial charge in [0, 0.05) is 24.5 Å². The van der Waals surface area contributed by atoms with E-state index in [-0.39, 0.29) is 24.8 Å². The Morgan fingerprint density at radius 2 is 1.93 bits per heavy atom. The van der Waals surface area contributed by atoms with Gasteiger partial charge in [-0.1, -0.05) is 55.8 Å². The van der Waals surface area contributed by atoms with Crippen molar-refractivity contribution in [2.45, 2.75) is 65.0 Å². The maximum absolute atomic E-state index is 13.3. The first-order chi connectivity index (χ1) is 13.8. The van der Waals surface area contributed by atoms with Crippen molar-refractivity contribution in [3.05, 3.63) is 60.2 Å². The van der Waals surface area contributed by atoms with E-state index in [9.17, 15) is 9.59 Å². The fourth-order valence-electron chi connectivity index (χ4n) is 3.20. The highest BCUT2D eigenvalue weighted by atomic mass is 35.5. The van der Waals surface area contributed by atoms with Crippen LogP contribution in [0.3, 0.4) is 0 Å². The molecular formula is C24H35ClN2O2. The molecule has 5 heteroatoms. The Balaban J connectivity index is 3.23. The van der Waals surface area contributed by atoms with Crippen LogP contribution < -0.4 is 5.32 Å². The van der Waals surface area contributed by atoms with Crippen LogP contribution in [0.15, 0.2) is 49.6 Å². The molecule has 0 bridgehead atoms. The van der Waals surface area contributed by atoms with Gasteiger partial charge in [0.25, 0.3) is 0 Å². The quantitative estimate of drug-likeness (QED) is 0.338. The number of benzene rings is 1. The standard InChI is InChI=1S/C24H35ClN2O2/c1-6-8-11-16-24(5,23(29)26-17-15-19(3)4)27(22(28)12-7-2)18-20-13-9-10-14-21(20)25/h6-7,9-10,13-14,19H,1-2,8,11-12,15-18H2,3-5H3,(H,26,29). The fraction of sp³-hybridized carbons (Fsp3) is 0.500. The Morgan fingerprint density at radius 3 is 2.52 bits per heavy atom. The summed E-state index contributed by atoms with van der Waals surface area (Å²) >= 11 is 6.35. The maximum Gasteiger partial charge on any atom is 0.245 e. The molecule has 160 valence electrons. The smallest absolute Gasteiger partial charge is 0.245 e. The Kier molecular flexibility index (Phi) is 10.7. The third-order valence-electron chi connectivity index (χ3n) is 5.07. The molecule has 0 aliphatic rings. The minimum atomic E-state index is -0.987. The number of nitrogens with one attached hydrogen (secondary N) is 1. The molecule has 1 rings (SSSR count). The number of nitrogens with zero attached hydrogens (tertiary/aromatic N) is 1. The summed E-state index contributed by atoms with van der Waals surface area (Å²) in [6.07, 6.45) is 6.55. The molecule has 0 saturated carbocycles. The van der Waals surface area contributed by atoms with Gasteiger partial charge in [0.2, 0.25) is 11.8 Å². The van der Waals surface area contributed by atoms with Crippen molar-refractivity contribution in [1.29, 1.82) is 0 Å². The zero-order valence-corrected chi connectivity index (χ0v) is 18.8. The molecule has 1 atom stereocenters. The highest BCUT2D eigenvalue weighted by Crippen LogP contribution is 2.28. The van der Waals surface area contributed by atoms with E-state index in [2.05, 4.69) is 32.3 Å². The number of rotatable bonds is 13. The number of carbonyl (C=O) groups is 2. The van der Waals surface area contributed by atoms with Crippen molar-refractivity contribution in [3.63, 3.8) is 0 Å². The van der Waals surface area contributed by atoms with Gasteiger partial charge in [-0.15, -0.1) is 13.2 Å². The molecule has 0 saturated heterocycles. The minimum Gasteiger partial charge on any atom is -0.354 e. The third-order valence-corrected chi connectivity index (χ3v) is 5.44. The van der Waals surface area contributed by atoms with Crippen molar-refractivity contribution >= 4 is 23.4 Å². The van der Waals surface area contributed by atoms with Gasteiger partial charge in [-0.2, -0.15) is 0 Å². The van der Waals surface area contributed by atoms with Crippen molar-refractivity contribution in [1.82, 2.24) is 10.2 Å². The zero-order valence-electron chi connectivity index (χ0n) is 18.0. The second-order valence-corrected chi connectivity index (χ2v) is 8.36. The number of carbonyl (C=O) groups excluding carboxylic acids is 2. The molecule has 0 aliphatic carbocycles. The molecule has 4 nitrogen and oxygen atoms in total. The minimum absolute atomic E-state index is 0.133. The molecule has 1 aromatic rings. The van der Waals surface area contributed by atoms with Crippen LogP contribution in [0.4, 0.5) is 0 Å². The summed E-state index contributed by atoms with van der Waals surface area (Å²) in [6, 6.07) is 7.42. The predicted molar refractivity (Wildman–Crippen MR) is 122 cm³/mol. The van der Waals surface area contributed by atoms with Crippen molar-refractivity contribution in [2.75, 3.05) is 6.54 Å². The molecule has 0 spiro atoms. The summed E-state index contributed by atoms with van der Waals surface area (Å²) < 4.78 is 0. The van der Waals surface area contributed by atoms with E-state index in [1.165, 1.54) is 0 Å². The topological polar surface area (TPSA) is 49.4 Å². The van der Waals surface area contributed by atoms with E-state index >= 15 is 0 Å². The van der Waals surface area contributed by atoms with Gasteiger partial charge < -0.3 is 10.2 Å². The Labute approximate surface area is 181 Å². The molecule has 0 fully saturated rings. The van der Waals surface area contributed by atoms with Crippen LogP contribution in [0.1, 0.15) is 58.4 Å². The largest absolute Gasteiger partial charge is 0.354 e. The third kappa shape index (κ3) is 7.69. The van der Waals surface area contributed by atoms with Crippen LogP contribution >= 0.6 is 11.6 Å². The average molecular weight is 419 g/mol. The summed E-state index contributed by atoms with van der Waals surface area (Å²) in [5, 5.41) is 3.62. The van der Waals surface area contributed by atoms with Crippen molar-refractivity contribution in [3.8, 4) is 0 Å². The lowest BCUT2D eigenvalue weighted by atomic mass is 9.90. The SMILES string of the molecule is C=CCCCC(C)(C(=O)NCCC(C)C)N(Cc1ccccc1Cl)C(=O)CC=C. The van der Waals surface area contributed by atoms with Crippen LogP contribution in [-0.4, -0.2) is 28.8 Å². The summed E-state index contributed by atoms with van der Waals surface area (Å²) in [5.41, 5.74) is -0.171. The molecule has 1 unspecified atom stereocenters. The van der Waals surface area contributed by atoms with Crippen LogP contribution in [0.5, 0.6) is 0 Å². The van der Waals surface area contributed by atoms with Gasteiger partial charge in [0.15, 0.2) is 0 Å². The summed E-state index contributed by atoms with van der Waals surface area (Å²) in [6.45, 7) is 14.4. The number of hydrogen-bond donors (Lipinski definition) is 1. The first-order valence-corrected chi connectivity index (χ1v) is 10.7. The predicted octanol–water partition coefficient (Wildman–Crippen LogP) is 5.52. The summed E-state index contributed by atoms with van der Waals surface area (Å²) in [7, 11) is 0. The Bertz CT molecular complexity index is 702. The molecule has 2 amide bonds.